The van der Waals surface area contributed by atoms with Crippen LogP contribution in [0.2, 0.25) is 0 Å². The fourth-order valence-corrected chi connectivity index (χ4v) is 6.31. The number of fused-ring (bicyclic) bond motifs is 1. The number of hydrogen-bond acceptors (Lipinski definition) is 5. The highest BCUT2D eigenvalue weighted by Gasteiger charge is 2.29. The van der Waals surface area contributed by atoms with Crippen molar-refractivity contribution >= 4 is 28.6 Å². The van der Waals surface area contributed by atoms with E-state index in [1.54, 1.807) is 7.11 Å². The van der Waals surface area contributed by atoms with Crippen LogP contribution in [0.1, 0.15) is 44.1 Å². The molecule has 3 aromatic rings. The number of methoxy groups -OCH3 is 1. The number of thioether (sulfide) groups is 1. The van der Waals surface area contributed by atoms with E-state index < -0.39 is 5.97 Å². The molecule has 0 amide bonds. The first-order chi connectivity index (χ1) is 17.6. The van der Waals surface area contributed by atoms with Crippen LogP contribution in [0.15, 0.2) is 65.7 Å². The highest BCUT2D eigenvalue weighted by atomic mass is 32.2. The van der Waals surface area contributed by atoms with Crippen molar-refractivity contribution in [1.82, 2.24) is 9.88 Å². The van der Waals surface area contributed by atoms with Gasteiger partial charge in [-0.15, -0.1) is 11.8 Å². The van der Waals surface area contributed by atoms with Gasteiger partial charge in [0.25, 0.3) is 0 Å². The zero-order chi connectivity index (χ0) is 25.2. The molecule has 0 saturated carbocycles. The molecule has 2 aromatic carbocycles. The van der Waals surface area contributed by atoms with E-state index in [0.29, 0.717) is 11.8 Å². The van der Waals surface area contributed by atoms with Gasteiger partial charge in [-0.1, -0.05) is 18.2 Å². The van der Waals surface area contributed by atoms with Gasteiger partial charge in [0.15, 0.2) is 0 Å². The Labute approximate surface area is 219 Å². The molecule has 1 fully saturated rings. The van der Waals surface area contributed by atoms with Gasteiger partial charge in [-0.05, 0) is 111 Å². The standard InChI is InChI=1S/C30H38N2O3S/c1-35-26-12-13-29-28(21-26)24(15-17-31-29)8-5-7-23-16-19-32(22-25(23)11-14-30(33)34)18-6-20-36-27-9-3-2-4-10-27/h2-4,9-10,12-13,15,17,21,23,25H,5-8,11,14,16,18-20,22H2,1H3,(H,33,34)/t23-,25+/m1/s1. The van der Waals surface area contributed by atoms with E-state index in [1.807, 2.05) is 30.1 Å². The average molecular weight is 507 g/mol. The van der Waals surface area contributed by atoms with Crippen molar-refractivity contribution < 1.29 is 14.6 Å². The van der Waals surface area contributed by atoms with Crippen molar-refractivity contribution in [1.29, 1.82) is 0 Å². The van der Waals surface area contributed by atoms with Crippen molar-refractivity contribution in [3.05, 3.63) is 66.4 Å². The van der Waals surface area contributed by atoms with Crippen molar-refractivity contribution in [2.75, 3.05) is 32.5 Å². The van der Waals surface area contributed by atoms with Gasteiger partial charge in [-0.25, -0.2) is 0 Å². The maximum atomic E-state index is 11.3. The average Bonchev–Trinajstić information content (AvgIpc) is 2.91. The maximum absolute atomic E-state index is 11.3. The van der Waals surface area contributed by atoms with Crippen molar-refractivity contribution in [2.24, 2.45) is 11.8 Å². The summed E-state index contributed by atoms with van der Waals surface area (Å²) in [4.78, 5) is 19.7. The van der Waals surface area contributed by atoms with Crippen LogP contribution in [0.5, 0.6) is 5.75 Å². The number of hydrogen-bond donors (Lipinski definition) is 1. The molecular formula is C30H38N2O3S. The fourth-order valence-electron chi connectivity index (χ4n) is 5.45. The molecule has 0 radical (unpaired) electrons. The smallest absolute Gasteiger partial charge is 0.303 e. The Balaban J connectivity index is 1.28. The molecule has 1 aromatic heterocycles. The number of nitrogens with zero attached hydrogens (tertiary/aromatic N) is 2. The van der Waals surface area contributed by atoms with Gasteiger partial charge in [-0.3, -0.25) is 9.78 Å². The molecule has 0 unspecified atom stereocenters. The first-order valence-corrected chi connectivity index (χ1v) is 14.1. The molecule has 0 aliphatic carbocycles. The van der Waals surface area contributed by atoms with Gasteiger partial charge >= 0.3 is 5.97 Å². The van der Waals surface area contributed by atoms with Gasteiger partial charge in [0, 0.05) is 29.4 Å². The summed E-state index contributed by atoms with van der Waals surface area (Å²) in [5.41, 5.74) is 2.32. The monoisotopic (exact) mass is 506 g/mol. The molecule has 4 rings (SSSR count). The highest BCUT2D eigenvalue weighted by molar-refractivity contribution is 7.99. The fraction of sp³-hybridized carbons (Fsp3) is 0.467. The minimum Gasteiger partial charge on any atom is -0.497 e. The molecule has 1 saturated heterocycles. The molecule has 36 heavy (non-hydrogen) atoms. The Morgan fingerprint density at radius 1 is 1.11 bits per heavy atom. The van der Waals surface area contributed by atoms with Crippen molar-refractivity contribution in [3.8, 4) is 5.75 Å². The number of aromatic nitrogens is 1. The van der Waals surface area contributed by atoms with Crippen LogP contribution in [-0.4, -0.2) is 53.5 Å². The number of aryl methyl sites for hydroxylation is 1. The molecule has 0 spiro atoms. The van der Waals surface area contributed by atoms with E-state index in [9.17, 15) is 9.90 Å². The van der Waals surface area contributed by atoms with Crippen molar-refractivity contribution in [2.45, 2.75) is 49.8 Å². The third-order valence-electron chi connectivity index (χ3n) is 7.40. The molecule has 192 valence electrons. The molecule has 2 atom stereocenters. The van der Waals surface area contributed by atoms with Gasteiger partial charge in [-0.2, -0.15) is 0 Å². The summed E-state index contributed by atoms with van der Waals surface area (Å²) in [6.07, 6.45) is 8.55. The van der Waals surface area contributed by atoms with Crippen LogP contribution in [-0.2, 0) is 11.2 Å². The number of ether oxygens (including phenoxy) is 1. The Morgan fingerprint density at radius 3 is 2.78 bits per heavy atom. The lowest BCUT2D eigenvalue weighted by Gasteiger charge is -2.39. The Bertz CT molecular complexity index is 1110. The van der Waals surface area contributed by atoms with Gasteiger partial charge < -0.3 is 14.7 Å². The number of pyridine rings is 1. The molecule has 0 bridgehead atoms. The summed E-state index contributed by atoms with van der Waals surface area (Å²) in [6, 6.07) is 18.8. The number of piperidine rings is 1. The lowest BCUT2D eigenvalue weighted by Crippen LogP contribution is -2.41. The van der Waals surface area contributed by atoms with E-state index in [1.165, 1.54) is 22.3 Å². The number of aliphatic carboxylic acids is 1. The van der Waals surface area contributed by atoms with Crippen LogP contribution in [0.3, 0.4) is 0 Å². The normalized spacial score (nSPS) is 18.4. The molecule has 5 nitrogen and oxygen atoms in total. The largest absolute Gasteiger partial charge is 0.497 e. The Hall–Kier alpha value is -2.57. The summed E-state index contributed by atoms with van der Waals surface area (Å²) in [6.45, 7) is 3.25. The quantitative estimate of drug-likeness (QED) is 0.209. The van der Waals surface area contributed by atoms with E-state index >= 15 is 0 Å². The summed E-state index contributed by atoms with van der Waals surface area (Å²) in [5.74, 6) is 2.37. The first-order valence-electron chi connectivity index (χ1n) is 13.2. The number of carboxylic acids is 1. The number of rotatable bonds is 13. The Morgan fingerprint density at radius 2 is 1.97 bits per heavy atom. The predicted octanol–water partition coefficient (Wildman–Crippen LogP) is 6.55. The molecule has 1 N–H and O–H groups in total. The van der Waals surface area contributed by atoms with Gasteiger partial charge in [0.1, 0.15) is 5.75 Å². The van der Waals surface area contributed by atoms with Crippen LogP contribution >= 0.6 is 11.8 Å². The minimum atomic E-state index is -0.678. The predicted molar refractivity (Wildman–Crippen MR) is 148 cm³/mol. The molecular weight excluding hydrogens is 468 g/mol. The van der Waals surface area contributed by atoms with Gasteiger partial charge in [0.05, 0.1) is 12.6 Å². The lowest BCUT2D eigenvalue weighted by molar-refractivity contribution is -0.137. The highest BCUT2D eigenvalue weighted by Crippen LogP contribution is 2.32. The summed E-state index contributed by atoms with van der Waals surface area (Å²) >= 11 is 1.92. The molecule has 2 heterocycles. The van der Waals surface area contributed by atoms with Crippen LogP contribution in [0.25, 0.3) is 10.9 Å². The topological polar surface area (TPSA) is 62.7 Å². The third kappa shape index (κ3) is 7.71. The molecule has 1 aliphatic heterocycles. The van der Waals surface area contributed by atoms with E-state index in [4.69, 9.17) is 4.74 Å². The van der Waals surface area contributed by atoms with E-state index in [2.05, 4.69) is 52.3 Å². The SMILES string of the molecule is COc1ccc2nccc(CCC[C@@H]3CCN(CCCSc4ccccc4)C[C@@H]3CCC(=O)O)c2c1. The zero-order valence-corrected chi connectivity index (χ0v) is 22.1. The molecule has 6 heteroatoms. The summed E-state index contributed by atoms with van der Waals surface area (Å²) < 4.78 is 5.42. The number of benzene rings is 2. The zero-order valence-electron chi connectivity index (χ0n) is 21.3. The van der Waals surface area contributed by atoms with Crippen LogP contribution in [0, 0.1) is 11.8 Å². The maximum Gasteiger partial charge on any atom is 0.303 e. The second-order valence-electron chi connectivity index (χ2n) is 9.80. The van der Waals surface area contributed by atoms with E-state index in [-0.39, 0.29) is 6.42 Å². The Kier molecular flexibility index (Phi) is 10.1. The second kappa shape index (κ2) is 13.7. The second-order valence-corrected chi connectivity index (χ2v) is 11.0. The summed E-state index contributed by atoms with van der Waals surface area (Å²) in [5, 5.41) is 10.5. The first kappa shape index (κ1) is 26.5. The van der Waals surface area contributed by atoms with E-state index in [0.717, 1.165) is 68.8 Å². The third-order valence-corrected chi connectivity index (χ3v) is 8.49. The number of carboxylic acid groups (broad SMARTS) is 1. The van der Waals surface area contributed by atoms with Crippen LogP contribution in [0.4, 0.5) is 0 Å². The number of carbonyl (C=O) groups is 1. The summed E-state index contributed by atoms with van der Waals surface area (Å²) in [7, 11) is 1.70. The minimum absolute atomic E-state index is 0.271. The van der Waals surface area contributed by atoms with Crippen LogP contribution < -0.4 is 4.74 Å². The lowest BCUT2D eigenvalue weighted by atomic mass is 9.79. The molecule has 1 aliphatic rings. The number of likely N-dealkylation sites (tertiary alicyclic amines) is 1. The van der Waals surface area contributed by atoms with Crippen molar-refractivity contribution in [3.63, 3.8) is 0 Å². The van der Waals surface area contributed by atoms with Gasteiger partial charge in [0.2, 0.25) is 0 Å².